The van der Waals surface area contributed by atoms with E-state index < -0.39 is 0 Å². The first-order valence-corrected chi connectivity index (χ1v) is 10.5. The highest BCUT2D eigenvalue weighted by Crippen LogP contribution is 2.17. The molecule has 0 aliphatic carbocycles. The van der Waals surface area contributed by atoms with Gasteiger partial charge in [-0.3, -0.25) is 9.59 Å². The van der Waals surface area contributed by atoms with E-state index in [1.807, 2.05) is 73.7 Å². The molecule has 0 bridgehead atoms. The molecule has 2 aromatic carbocycles. The van der Waals surface area contributed by atoms with Gasteiger partial charge in [0.15, 0.2) is 5.78 Å². The smallest absolute Gasteiger partial charge is 0.220 e. The first-order chi connectivity index (χ1) is 14.1. The molecular formula is C24H25NO3S. The summed E-state index contributed by atoms with van der Waals surface area (Å²) in [5.41, 5.74) is 3.22. The molecule has 1 heterocycles. The number of ether oxygens (including phenoxy) is 1. The van der Waals surface area contributed by atoms with Gasteiger partial charge in [-0.25, -0.2) is 0 Å². The van der Waals surface area contributed by atoms with Crippen LogP contribution < -0.4 is 5.32 Å². The molecule has 4 nitrogen and oxygen atoms in total. The molecular weight excluding hydrogens is 382 g/mol. The summed E-state index contributed by atoms with van der Waals surface area (Å²) in [6.07, 6.45) is 0.439. The molecule has 0 fully saturated rings. The van der Waals surface area contributed by atoms with Crippen molar-refractivity contribution in [3.05, 3.63) is 93.2 Å². The van der Waals surface area contributed by atoms with Gasteiger partial charge in [-0.1, -0.05) is 54.6 Å². The SMILES string of the molecule is Cc1ccc(C(=O)CCC(=O)NCc2cccc(COCc3ccccc3)c2)s1. The predicted molar refractivity (Wildman–Crippen MR) is 116 cm³/mol. The highest BCUT2D eigenvalue weighted by Gasteiger charge is 2.11. The average Bonchev–Trinajstić information content (AvgIpc) is 3.18. The number of ketones is 1. The molecule has 1 aromatic heterocycles. The van der Waals surface area contributed by atoms with Crippen molar-refractivity contribution in [1.82, 2.24) is 5.32 Å². The van der Waals surface area contributed by atoms with Gasteiger partial charge in [0.05, 0.1) is 18.1 Å². The van der Waals surface area contributed by atoms with Gasteiger partial charge in [0, 0.05) is 24.3 Å². The van der Waals surface area contributed by atoms with Crippen molar-refractivity contribution in [1.29, 1.82) is 0 Å². The summed E-state index contributed by atoms with van der Waals surface area (Å²) in [4.78, 5) is 26.0. The number of aryl methyl sites for hydroxylation is 1. The van der Waals surface area contributed by atoms with Gasteiger partial charge in [0.25, 0.3) is 0 Å². The molecule has 0 radical (unpaired) electrons. The van der Waals surface area contributed by atoms with Crippen LogP contribution in [-0.2, 0) is 29.3 Å². The summed E-state index contributed by atoms with van der Waals surface area (Å²) in [5, 5.41) is 2.89. The van der Waals surface area contributed by atoms with Gasteiger partial charge in [-0.05, 0) is 35.7 Å². The number of thiophene rings is 1. The second-order valence-corrected chi connectivity index (χ2v) is 8.20. The third kappa shape index (κ3) is 6.97. The molecule has 150 valence electrons. The summed E-state index contributed by atoms with van der Waals surface area (Å²) in [7, 11) is 0. The average molecular weight is 408 g/mol. The lowest BCUT2D eigenvalue weighted by atomic mass is 10.1. The van der Waals surface area contributed by atoms with E-state index in [1.54, 1.807) is 0 Å². The number of rotatable bonds is 10. The summed E-state index contributed by atoms with van der Waals surface area (Å²) in [5.74, 6) is -0.0897. The van der Waals surface area contributed by atoms with Gasteiger partial charge < -0.3 is 10.1 Å². The third-order valence-electron chi connectivity index (χ3n) is 4.46. The molecule has 0 aliphatic heterocycles. The maximum absolute atomic E-state index is 12.1. The van der Waals surface area contributed by atoms with Crippen molar-refractivity contribution in [2.24, 2.45) is 0 Å². The number of carbonyl (C=O) groups is 2. The zero-order chi connectivity index (χ0) is 20.5. The molecule has 5 heteroatoms. The molecule has 0 aliphatic rings. The summed E-state index contributed by atoms with van der Waals surface area (Å²) < 4.78 is 5.77. The van der Waals surface area contributed by atoms with Gasteiger partial charge >= 0.3 is 0 Å². The van der Waals surface area contributed by atoms with Crippen LogP contribution in [0.15, 0.2) is 66.7 Å². The monoisotopic (exact) mass is 407 g/mol. The molecule has 0 saturated heterocycles. The van der Waals surface area contributed by atoms with E-state index in [0.717, 1.165) is 26.4 Å². The van der Waals surface area contributed by atoms with Crippen LogP contribution in [0, 0.1) is 6.92 Å². The fraction of sp³-hybridized carbons (Fsp3) is 0.250. The Morgan fingerprint density at radius 3 is 2.34 bits per heavy atom. The molecule has 0 unspecified atom stereocenters. The Hall–Kier alpha value is -2.76. The number of carbonyl (C=O) groups excluding carboxylic acids is 2. The Labute approximate surface area is 175 Å². The maximum atomic E-state index is 12.1. The van der Waals surface area contributed by atoms with Crippen LogP contribution in [0.3, 0.4) is 0 Å². The van der Waals surface area contributed by atoms with Crippen LogP contribution in [0.2, 0.25) is 0 Å². The molecule has 3 rings (SSSR count). The second kappa shape index (κ2) is 10.7. The van der Waals surface area contributed by atoms with Gasteiger partial charge in [0.1, 0.15) is 0 Å². The van der Waals surface area contributed by atoms with Crippen molar-refractivity contribution >= 4 is 23.0 Å². The van der Waals surface area contributed by atoms with E-state index in [1.165, 1.54) is 11.3 Å². The molecule has 0 saturated carbocycles. The normalized spacial score (nSPS) is 10.7. The minimum absolute atomic E-state index is 0.0239. The standard InChI is InChI=1S/C24H25NO3S/c1-18-10-12-23(29-18)22(26)11-13-24(27)25-15-20-8-5-9-21(14-20)17-28-16-19-6-3-2-4-7-19/h2-10,12,14H,11,13,15-17H2,1H3,(H,25,27). The Morgan fingerprint density at radius 2 is 1.59 bits per heavy atom. The lowest BCUT2D eigenvalue weighted by Gasteiger charge is -2.08. The lowest BCUT2D eigenvalue weighted by molar-refractivity contribution is -0.121. The fourth-order valence-electron chi connectivity index (χ4n) is 2.91. The first kappa shape index (κ1) is 21.0. The highest BCUT2D eigenvalue weighted by atomic mass is 32.1. The van der Waals surface area contributed by atoms with Crippen molar-refractivity contribution in [3.63, 3.8) is 0 Å². The number of amides is 1. The molecule has 0 atom stereocenters. The highest BCUT2D eigenvalue weighted by molar-refractivity contribution is 7.14. The van der Waals surface area contributed by atoms with E-state index in [-0.39, 0.29) is 24.5 Å². The largest absolute Gasteiger partial charge is 0.372 e. The minimum atomic E-state index is -0.114. The van der Waals surface area contributed by atoms with Crippen LogP contribution in [-0.4, -0.2) is 11.7 Å². The van der Waals surface area contributed by atoms with Crippen molar-refractivity contribution in [2.45, 2.75) is 39.5 Å². The topological polar surface area (TPSA) is 55.4 Å². The van der Waals surface area contributed by atoms with Gasteiger partial charge in [-0.15, -0.1) is 11.3 Å². The Balaban J connectivity index is 1.40. The van der Waals surface area contributed by atoms with E-state index in [2.05, 4.69) is 5.32 Å². The van der Waals surface area contributed by atoms with Crippen LogP contribution in [0.1, 0.15) is 44.1 Å². The fourth-order valence-corrected chi connectivity index (χ4v) is 3.75. The predicted octanol–water partition coefficient (Wildman–Crippen LogP) is 5.05. The van der Waals surface area contributed by atoms with Crippen LogP contribution >= 0.6 is 11.3 Å². The summed E-state index contributed by atoms with van der Waals surface area (Å²) in [6, 6.07) is 21.8. The number of hydrogen-bond acceptors (Lipinski definition) is 4. The number of benzene rings is 2. The zero-order valence-corrected chi connectivity index (χ0v) is 17.3. The van der Waals surface area contributed by atoms with E-state index >= 15 is 0 Å². The van der Waals surface area contributed by atoms with Gasteiger partial charge in [0.2, 0.25) is 5.91 Å². The quantitative estimate of drug-likeness (QED) is 0.478. The van der Waals surface area contributed by atoms with Crippen molar-refractivity contribution < 1.29 is 14.3 Å². The molecule has 29 heavy (non-hydrogen) atoms. The molecule has 1 amide bonds. The minimum Gasteiger partial charge on any atom is -0.372 e. The second-order valence-electron chi connectivity index (χ2n) is 6.91. The number of nitrogens with one attached hydrogen (secondary N) is 1. The van der Waals surface area contributed by atoms with Crippen molar-refractivity contribution in [2.75, 3.05) is 0 Å². The molecule has 3 aromatic rings. The zero-order valence-electron chi connectivity index (χ0n) is 16.5. The Morgan fingerprint density at radius 1 is 0.862 bits per heavy atom. The van der Waals surface area contributed by atoms with Crippen LogP contribution in [0.5, 0.6) is 0 Å². The van der Waals surface area contributed by atoms with E-state index in [4.69, 9.17) is 4.74 Å². The maximum Gasteiger partial charge on any atom is 0.220 e. The molecule has 1 N–H and O–H groups in total. The van der Waals surface area contributed by atoms with E-state index in [9.17, 15) is 9.59 Å². The number of hydrogen-bond donors (Lipinski definition) is 1. The molecule has 0 spiro atoms. The Bertz CT molecular complexity index is 950. The van der Waals surface area contributed by atoms with Gasteiger partial charge in [-0.2, -0.15) is 0 Å². The van der Waals surface area contributed by atoms with Crippen LogP contribution in [0.25, 0.3) is 0 Å². The van der Waals surface area contributed by atoms with Crippen molar-refractivity contribution in [3.8, 4) is 0 Å². The van der Waals surface area contributed by atoms with E-state index in [0.29, 0.717) is 19.8 Å². The number of Topliss-reactive ketones (excluding diaryl/α,β-unsaturated/α-hetero) is 1. The lowest BCUT2D eigenvalue weighted by Crippen LogP contribution is -2.23. The summed E-state index contributed by atoms with van der Waals surface area (Å²) >= 11 is 1.47. The summed E-state index contributed by atoms with van der Waals surface area (Å²) in [6.45, 7) is 3.50. The van der Waals surface area contributed by atoms with Crippen LogP contribution in [0.4, 0.5) is 0 Å². The Kier molecular flexibility index (Phi) is 7.73. The first-order valence-electron chi connectivity index (χ1n) is 9.66. The third-order valence-corrected chi connectivity index (χ3v) is 5.50.